The van der Waals surface area contributed by atoms with E-state index in [0.29, 0.717) is 10.5 Å². The first kappa shape index (κ1) is 31.5. The van der Waals surface area contributed by atoms with E-state index < -0.39 is 39.3 Å². The molecule has 2 saturated heterocycles. The molecule has 4 atom stereocenters. The van der Waals surface area contributed by atoms with Crippen molar-refractivity contribution in [1.82, 2.24) is 9.62 Å². The lowest BCUT2D eigenvalue weighted by Gasteiger charge is -2.35. The van der Waals surface area contributed by atoms with Gasteiger partial charge in [-0.15, -0.1) is 11.3 Å². The molecular formula is C30H36N4O7S2. The monoisotopic (exact) mass is 628 g/mol. The van der Waals surface area contributed by atoms with Crippen LogP contribution < -0.4 is 10.0 Å². The van der Waals surface area contributed by atoms with Crippen LogP contribution in [0.3, 0.4) is 0 Å². The second-order valence-corrected chi connectivity index (χ2v) is 13.4. The van der Waals surface area contributed by atoms with E-state index in [2.05, 4.69) is 45.3 Å². The second-order valence-electron chi connectivity index (χ2n) is 10.7. The number of fused-ring (bicyclic) bond motifs is 1. The van der Waals surface area contributed by atoms with Crippen LogP contribution in [-0.2, 0) is 19.5 Å². The molecule has 2 aliphatic rings. The average molecular weight is 629 g/mol. The topological polar surface area (TPSA) is 164 Å². The molecule has 5 rings (SSSR count). The van der Waals surface area contributed by atoms with Crippen molar-refractivity contribution >= 4 is 43.4 Å². The molecule has 11 nitrogen and oxygen atoms in total. The van der Waals surface area contributed by atoms with Gasteiger partial charge < -0.3 is 30.1 Å². The van der Waals surface area contributed by atoms with Crippen LogP contribution in [0, 0.1) is 11.3 Å². The number of anilines is 1. The largest absolute Gasteiger partial charge is 0.388 e. The van der Waals surface area contributed by atoms with Crippen LogP contribution >= 0.6 is 11.3 Å². The summed E-state index contributed by atoms with van der Waals surface area (Å²) in [6.07, 6.45) is -5.27. The second kappa shape index (κ2) is 13.8. The molecule has 230 valence electrons. The first-order valence-corrected chi connectivity index (χ1v) is 16.4. The van der Waals surface area contributed by atoms with Gasteiger partial charge in [-0.05, 0) is 59.2 Å². The summed E-state index contributed by atoms with van der Waals surface area (Å²) >= 11 is 1.38. The molecule has 2 aliphatic heterocycles. The summed E-state index contributed by atoms with van der Waals surface area (Å²) in [6.45, 7) is 6.29. The fourth-order valence-electron chi connectivity index (χ4n) is 5.15. The minimum absolute atomic E-state index is 0.245. The van der Waals surface area contributed by atoms with Crippen molar-refractivity contribution in [2.75, 3.05) is 57.9 Å². The van der Waals surface area contributed by atoms with Gasteiger partial charge in [0.05, 0.1) is 25.9 Å². The number of benzene rings is 2. The summed E-state index contributed by atoms with van der Waals surface area (Å²) in [5, 5.41) is 45.0. The molecule has 0 saturated carbocycles. The number of morpholine rings is 1. The predicted molar refractivity (Wildman–Crippen MR) is 166 cm³/mol. The lowest BCUT2D eigenvalue weighted by Crippen LogP contribution is -2.56. The molecule has 3 aromatic rings. The number of nitrogens with one attached hydrogen (secondary N) is 2. The highest BCUT2D eigenvalue weighted by atomic mass is 32.2. The van der Waals surface area contributed by atoms with Crippen LogP contribution in [0.1, 0.15) is 11.8 Å². The zero-order chi connectivity index (χ0) is 30.6. The van der Waals surface area contributed by atoms with Crippen LogP contribution in [0.15, 0.2) is 53.4 Å². The summed E-state index contributed by atoms with van der Waals surface area (Å²) in [7, 11) is -4.25. The predicted octanol–water partition coefficient (Wildman–Crippen LogP) is 1.97. The van der Waals surface area contributed by atoms with E-state index in [-0.39, 0.29) is 13.2 Å². The number of ether oxygens (including phenoxy) is 2. The van der Waals surface area contributed by atoms with Gasteiger partial charge in [0.25, 0.3) is 10.0 Å². The Morgan fingerprint density at radius 3 is 2.58 bits per heavy atom. The van der Waals surface area contributed by atoms with E-state index in [1.165, 1.54) is 11.3 Å². The number of hydrogen-bond donors (Lipinski definition) is 5. The van der Waals surface area contributed by atoms with Crippen LogP contribution in [-0.4, -0.2) is 106 Å². The Morgan fingerprint density at radius 1 is 1.07 bits per heavy atom. The smallest absolute Gasteiger partial charge is 0.251 e. The highest BCUT2D eigenvalue weighted by Gasteiger charge is 2.38. The van der Waals surface area contributed by atoms with Crippen molar-refractivity contribution in [3.63, 3.8) is 0 Å². The van der Waals surface area contributed by atoms with Gasteiger partial charge in [-0.25, -0.2) is 13.1 Å². The van der Waals surface area contributed by atoms with Gasteiger partial charge in [-0.2, -0.15) is 5.26 Å². The highest BCUT2D eigenvalue weighted by Crippen LogP contribution is 2.35. The van der Waals surface area contributed by atoms with Gasteiger partial charge in [-0.3, -0.25) is 4.90 Å². The van der Waals surface area contributed by atoms with Gasteiger partial charge in [0.15, 0.2) is 4.91 Å². The van der Waals surface area contributed by atoms with Gasteiger partial charge >= 0.3 is 0 Å². The van der Waals surface area contributed by atoms with Gasteiger partial charge in [0.1, 0.15) is 24.4 Å². The molecule has 0 radical (unpaired) electrons. The van der Waals surface area contributed by atoms with E-state index >= 15 is 0 Å². The molecular weight excluding hydrogens is 592 g/mol. The molecule has 5 N–H and O–H groups in total. The number of nitriles is 1. The average Bonchev–Trinajstić information content (AvgIpc) is 3.51. The zero-order valence-corrected chi connectivity index (χ0v) is 25.4. The van der Waals surface area contributed by atoms with E-state index in [9.17, 15) is 29.0 Å². The molecule has 0 spiro atoms. The Bertz CT molecular complexity index is 1610. The third kappa shape index (κ3) is 7.43. The lowest BCUT2D eigenvalue weighted by atomic mass is 10.0. The number of nitrogens with zero attached hydrogens (tertiary/aromatic N) is 2. The maximum atomic E-state index is 13.0. The van der Waals surface area contributed by atoms with Crippen molar-refractivity contribution in [1.29, 1.82) is 5.26 Å². The Kier molecular flexibility index (Phi) is 10.1. The number of allylic oxidation sites excluding steroid dienone is 2. The summed E-state index contributed by atoms with van der Waals surface area (Å²) in [6, 6.07) is 17.9. The van der Waals surface area contributed by atoms with E-state index in [0.717, 1.165) is 66.3 Å². The molecule has 0 unspecified atom stereocenters. The molecule has 43 heavy (non-hydrogen) atoms. The zero-order valence-electron chi connectivity index (χ0n) is 23.8. The van der Waals surface area contributed by atoms with Gasteiger partial charge in [-0.1, -0.05) is 18.2 Å². The van der Waals surface area contributed by atoms with E-state index in [1.807, 2.05) is 12.1 Å². The van der Waals surface area contributed by atoms with Crippen LogP contribution in [0.5, 0.6) is 0 Å². The van der Waals surface area contributed by atoms with E-state index in [4.69, 9.17) is 9.47 Å². The van der Waals surface area contributed by atoms with Crippen LogP contribution in [0.4, 0.5) is 5.69 Å². The fraction of sp³-hybridized carbons (Fsp3) is 0.433. The standard InChI is InChI=1S/C30H36N4O7S2/c1-19(28(16-31)43(38,39)33-17-25-30(37)29(36)24(35)18-41-25)26-6-7-27(42-26)22-3-2-21-15-23(5-4-20(21)14-22)32-8-9-34-10-12-40-13-11-34/h2-7,14-15,24-25,29-30,32-33,35-37H,8-13,17-18H2,1H3/b28-19+/t24-,25+,29+,30+/m0/s1. The highest BCUT2D eigenvalue weighted by molar-refractivity contribution is 7.93. The third-order valence-electron chi connectivity index (χ3n) is 7.75. The fourth-order valence-corrected chi connectivity index (χ4v) is 7.39. The minimum Gasteiger partial charge on any atom is -0.388 e. The minimum atomic E-state index is -4.25. The lowest BCUT2D eigenvalue weighted by molar-refractivity contribution is -0.184. The third-order valence-corrected chi connectivity index (χ3v) is 10.5. The molecule has 0 amide bonds. The number of thiophene rings is 1. The quantitative estimate of drug-likeness (QED) is 0.210. The number of aliphatic hydroxyl groups is 3. The van der Waals surface area contributed by atoms with Gasteiger partial charge in [0, 0.05) is 48.2 Å². The summed E-state index contributed by atoms with van der Waals surface area (Å²) in [4.78, 5) is 3.50. The molecule has 2 aromatic carbocycles. The molecule has 2 fully saturated rings. The number of hydrogen-bond acceptors (Lipinski definition) is 11. The maximum absolute atomic E-state index is 13.0. The summed E-state index contributed by atoms with van der Waals surface area (Å²) < 4.78 is 39.0. The molecule has 0 aliphatic carbocycles. The van der Waals surface area contributed by atoms with Crippen molar-refractivity contribution < 1.29 is 33.2 Å². The number of aliphatic hydroxyl groups excluding tert-OH is 3. The first-order valence-electron chi connectivity index (χ1n) is 14.1. The molecule has 3 heterocycles. The van der Waals surface area contributed by atoms with Crippen molar-refractivity contribution in [2.24, 2.45) is 0 Å². The Hall–Kier alpha value is -2.90. The Morgan fingerprint density at radius 2 is 1.81 bits per heavy atom. The Labute approximate surface area is 255 Å². The molecule has 1 aromatic heterocycles. The molecule has 13 heteroatoms. The normalized spacial score (nSPS) is 24.0. The SMILES string of the molecule is C/C(=C(/C#N)S(=O)(=O)NC[C@H]1OC[C@H](O)[C@@H](O)[C@@H]1O)c1ccc(-c2ccc3cc(NCCN4CCOCC4)ccc3c2)s1. The number of sulfonamides is 1. The molecule has 0 bridgehead atoms. The Balaban J connectivity index is 1.26. The van der Waals surface area contributed by atoms with Crippen LogP contribution in [0.2, 0.25) is 0 Å². The summed E-state index contributed by atoms with van der Waals surface area (Å²) in [5.74, 6) is 0. The van der Waals surface area contributed by atoms with E-state index in [1.54, 1.807) is 19.1 Å². The van der Waals surface area contributed by atoms with Crippen molar-refractivity contribution in [2.45, 2.75) is 31.3 Å². The first-order chi connectivity index (χ1) is 20.7. The van der Waals surface area contributed by atoms with Gasteiger partial charge in [0.2, 0.25) is 0 Å². The van der Waals surface area contributed by atoms with Crippen molar-refractivity contribution in [3.05, 3.63) is 58.3 Å². The number of rotatable bonds is 10. The van der Waals surface area contributed by atoms with Crippen LogP contribution in [0.25, 0.3) is 26.8 Å². The summed E-state index contributed by atoms with van der Waals surface area (Å²) in [5.41, 5.74) is 2.33. The maximum Gasteiger partial charge on any atom is 0.251 e. The van der Waals surface area contributed by atoms with Crippen molar-refractivity contribution in [3.8, 4) is 16.5 Å².